The van der Waals surface area contributed by atoms with Crippen molar-refractivity contribution in [2.45, 2.75) is 25.3 Å². The SMILES string of the molecule is COc1cc(=O)[nH]cc1C(=O)N1CCCCC1c1ccn[nH]1. The Hall–Kier alpha value is -2.57. The Morgan fingerprint density at radius 2 is 2.32 bits per heavy atom. The average molecular weight is 302 g/mol. The summed E-state index contributed by atoms with van der Waals surface area (Å²) in [6.07, 6.45) is 6.02. The highest BCUT2D eigenvalue weighted by Gasteiger charge is 2.31. The molecule has 1 fully saturated rings. The van der Waals surface area contributed by atoms with Crippen molar-refractivity contribution in [3.8, 4) is 5.75 Å². The van der Waals surface area contributed by atoms with Gasteiger partial charge in [-0.25, -0.2) is 0 Å². The van der Waals surface area contributed by atoms with Crippen LogP contribution in [-0.4, -0.2) is 39.6 Å². The standard InChI is InChI=1S/C15H18N4O3/c1-22-13-8-14(20)16-9-10(13)15(21)19-7-3-2-4-12(19)11-5-6-17-18-11/h5-6,8-9,12H,2-4,7H2,1H3,(H,16,20)(H,17,18). The van der Waals surface area contributed by atoms with E-state index >= 15 is 0 Å². The zero-order valence-corrected chi connectivity index (χ0v) is 12.3. The minimum atomic E-state index is -0.294. The van der Waals surface area contributed by atoms with Crippen LogP contribution in [-0.2, 0) is 0 Å². The fourth-order valence-electron chi connectivity index (χ4n) is 2.89. The monoisotopic (exact) mass is 302 g/mol. The molecule has 2 aromatic rings. The first-order valence-corrected chi connectivity index (χ1v) is 7.27. The van der Waals surface area contributed by atoms with Gasteiger partial charge in [0.05, 0.1) is 24.4 Å². The van der Waals surface area contributed by atoms with Crippen molar-refractivity contribution in [1.29, 1.82) is 0 Å². The molecule has 3 rings (SSSR count). The molecule has 2 aromatic heterocycles. The van der Waals surface area contributed by atoms with Crippen LogP contribution < -0.4 is 10.3 Å². The van der Waals surface area contributed by atoms with Gasteiger partial charge < -0.3 is 14.6 Å². The molecule has 0 aromatic carbocycles. The fraction of sp³-hybridized carbons (Fsp3) is 0.400. The van der Waals surface area contributed by atoms with Gasteiger partial charge in [-0.15, -0.1) is 0 Å². The first-order chi connectivity index (χ1) is 10.7. The lowest BCUT2D eigenvalue weighted by Gasteiger charge is -2.35. The zero-order valence-electron chi connectivity index (χ0n) is 12.3. The first kappa shape index (κ1) is 14.4. The molecule has 0 aliphatic carbocycles. The number of pyridine rings is 1. The number of carbonyl (C=O) groups is 1. The maximum atomic E-state index is 12.9. The van der Waals surface area contributed by atoms with Crippen molar-refractivity contribution in [3.05, 3.63) is 46.1 Å². The predicted molar refractivity (Wildman–Crippen MR) is 79.8 cm³/mol. The molecule has 1 aliphatic rings. The molecule has 0 saturated carbocycles. The lowest BCUT2D eigenvalue weighted by atomic mass is 9.98. The second kappa shape index (κ2) is 6.05. The molecule has 1 saturated heterocycles. The highest BCUT2D eigenvalue weighted by atomic mass is 16.5. The van der Waals surface area contributed by atoms with E-state index in [0.717, 1.165) is 25.0 Å². The van der Waals surface area contributed by atoms with Crippen LogP contribution in [0.15, 0.2) is 29.3 Å². The van der Waals surface area contributed by atoms with Crippen LogP contribution >= 0.6 is 0 Å². The van der Waals surface area contributed by atoms with Gasteiger partial charge >= 0.3 is 0 Å². The predicted octanol–water partition coefficient (Wildman–Crippen LogP) is 1.47. The number of hydrogen-bond donors (Lipinski definition) is 2. The zero-order chi connectivity index (χ0) is 15.5. The highest BCUT2D eigenvalue weighted by molar-refractivity contribution is 5.96. The van der Waals surface area contributed by atoms with Crippen LogP contribution in [0.4, 0.5) is 0 Å². The second-order valence-electron chi connectivity index (χ2n) is 5.30. The number of aromatic nitrogens is 3. The summed E-state index contributed by atoms with van der Waals surface area (Å²) in [4.78, 5) is 28.6. The quantitative estimate of drug-likeness (QED) is 0.898. The Morgan fingerprint density at radius 3 is 3.05 bits per heavy atom. The van der Waals surface area contributed by atoms with Gasteiger partial charge in [0.2, 0.25) is 0 Å². The molecule has 7 heteroatoms. The number of hydrogen-bond acceptors (Lipinski definition) is 4. The largest absolute Gasteiger partial charge is 0.496 e. The Labute approximate surface area is 127 Å². The van der Waals surface area contributed by atoms with Crippen LogP contribution in [0.25, 0.3) is 0 Å². The van der Waals surface area contributed by atoms with Gasteiger partial charge in [0.1, 0.15) is 5.75 Å². The minimum absolute atomic E-state index is 0.0274. The lowest BCUT2D eigenvalue weighted by Crippen LogP contribution is -2.39. The summed E-state index contributed by atoms with van der Waals surface area (Å²) in [5, 5.41) is 6.92. The average Bonchev–Trinajstić information content (AvgIpc) is 3.08. The third kappa shape index (κ3) is 2.61. The van der Waals surface area contributed by atoms with Crippen LogP contribution in [0, 0.1) is 0 Å². The van der Waals surface area contributed by atoms with Crippen molar-refractivity contribution in [2.24, 2.45) is 0 Å². The van der Waals surface area contributed by atoms with Crippen LogP contribution in [0.1, 0.15) is 41.4 Å². The highest BCUT2D eigenvalue weighted by Crippen LogP contribution is 2.32. The molecule has 22 heavy (non-hydrogen) atoms. The Bertz CT molecular complexity index is 708. The van der Waals surface area contributed by atoms with Crippen molar-refractivity contribution in [2.75, 3.05) is 13.7 Å². The summed E-state index contributed by atoms with van der Waals surface area (Å²) < 4.78 is 5.18. The number of rotatable bonds is 3. The first-order valence-electron chi connectivity index (χ1n) is 7.27. The Morgan fingerprint density at radius 1 is 1.45 bits per heavy atom. The summed E-state index contributed by atoms with van der Waals surface area (Å²) in [7, 11) is 1.45. The summed E-state index contributed by atoms with van der Waals surface area (Å²) in [5.41, 5.74) is 1.00. The summed E-state index contributed by atoms with van der Waals surface area (Å²) in [6.45, 7) is 0.671. The summed E-state index contributed by atoms with van der Waals surface area (Å²) in [6, 6.07) is 3.16. The number of carbonyl (C=O) groups excluding carboxylic acids is 1. The topological polar surface area (TPSA) is 91.1 Å². The van der Waals surface area contributed by atoms with Gasteiger partial charge in [0.15, 0.2) is 0 Å². The number of aromatic amines is 2. The van der Waals surface area contributed by atoms with E-state index in [1.165, 1.54) is 19.4 Å². The lowest BCUT2D eigenvalue weighted by molar-refractivity contribution is 0.0602. The van der Waals surface area contributed by atoms with Gasteiger partial charge in [-0.1, -0.05) is 0 Å². The van der Waals surface area contributed by atoms with Gasteiger partial charge in [0.25, 0.3) is 11.5 Å². The summed E-state index contributed by atoms with van der Waals surface area (Å²) >= 11 is 0. The van der Waals surface area contributed by atoms with Crippen molar-refractivity contribution >= 4 is 5.91 Å². The van der Waals surface area contributed by atoms with E-state index in [0.29, 0.717) is 17.9 Å². The third-order valence-electron chi connectivity index (χ3n) is 3.98. The van der Waals surface area contributed by atoms with Crippen molar-refractivity contribution in [3.63, 3.8) is 0 Å². The van der Waals surface area contributed by atoms with E-state index in [2.05, 4.69) is 15.2 Å². The van der Waals surface area contributed by atoms with Crippen molar-refractivity contribution < 1.29 is 9.53 Å². The number of ether oxygens (including phenoxy) is 1. The number of nitrogens with zero attached hydrogens (tertiary/aromatic N) is 2. The normalized spacial score (nSPS) is 18.2. The molecule has 1 amide bonds. The maximum absolute atomic E-state index is 12.9. The molecular weight excluding hydrogens is 284 g/mol. The second-order valence-corrected chi connectivity index (χ2v) is 5.30. The molecule has 1 atom stereocenters. The maximum Gasteiger partial charge on any atom is 0.259 e. The molecule has 0 radical (unpaired) electrons. The van der Waals surface area contributed by atoms with Crippen LogP contribution in [0.5, 0.6) is 5.75 Å². The molecule has 2 N–H and O–H groups in total. The molecular formula is C15H18N4O3. The van der Waals surface area contributed by atoms with E-state index in [4.69, 9.17) is 4.74 Å². The fourth-order valence-corrected chi connectivity index (χ4v) is 2.89. The van der Waals surface area contributed by atoms with E-state index in [-0.39, 0.29) is 17.5 Å². The molecule has 0 bridgehead atoms. The molecule has 1 aliphatic heterocycles. The van der Waals surface area contributed by atoms with Crippen molar-refractivity contribution in [1.82, 2.24) is 20.1 Å². The smallest absolute Gasteiger partial charge is 0.259 e. The molecule has 1 unspecified atom stereocenters. The number of nitrogens with one attached hydrogen (secondary N) is 2. The minimum Gasteiger partial charge on any atom is -0.496 e. The number of H-pyrrole nitrogens is 2. The number of amides is 1. The summed E-state index contributed by atoms with van der Waals surface area (Å²) in [5.74, 6) is 0.148. The van der Waals surface area contributed by atoms with E-state index < -0.39 is 0 Å². The van der Waals surface area contributed by atoms with E-state index in [9.17, 15) is 9.59 Å². The van der Waals surface area contributed by atoms with E-state index in [1.807, 2.05) is 11.0 Å². The van der Waals surface area contributed by atoms with E-state index in [1.54, 1.807) is 6.20 Å². The number of piperidine rings is 1. The third-order valence-corrected chi connectivity index (χ3v) is 3.98. The molecule has 116 valence electrons. The van der Waals surface area contributed by atoms with Gasteiger partial charge in [-0.05, 0) is 25.3 Å². The Balaban J connectivity index is 1.94. The number of likely N-dealkylation sites (tertiary alicyclic amines) is 1. The van der Waals surface area contributed by atoms with Gasteiger partial charge in [0, 0.05) is 25.0 Å². The molecule has 3 heterocycles. The molecule has 7 nitrogen and oxygen atoms in total. The van der Waals surface area contributed by atoms with Crippen LogP contribution in [0.3, 0.4) is 0 Å². The van der Waals surface area contributed by atoms with Gasteiger partial charge in [-0.3, -0.25) is 14.7 Å². The molecule has 0 spiro atoms. The number of methoxy groups -OCH3 is 1. The van der Waals surface area contributed by atoms with Gasteiger partial charge in [-0.2, -0.15) is 5.10 Å². The van der Waals surface area contributed by atoms with Crippen LogP contribution in [0.2, 0.25) is 0 Å². The Kier molecular flexibility index (Phi) is 3.95.